The second-order valence-electron chi connectivity index (χ2n) is 7.86. The molecule has 2 heterocycles. The van der Waals surface area contributed by atoms with Gasteiger partial charge in [-0.15, -0.1) is 5.10 Å². The number of halogens is 5. The first-order valence-corrected chi connectivity index (χ1v) is 10.5. The molecule has 0 spiro atoms. The zero-order valence-electron chi connectivity index (χ0n) is 19.0. The minimum absolute atomic E-state index is 0.182. The van der Waals surface area contributed by atoms with Gasteiger partial charge in [-0.3, -0.25) is 0 Å². The first-order valence-electron chi connectivity index (χ1n) is 10.5. The summed E-state index contributed by atoms with van der Waals surface area (Å²) in [5.74, 6) is -3.49. The van der Waals surface area contributed by atoms with Gasteiger partial charge < -0.3 is 14.8 Å². The fourth-order valence-electron chi connectivity index (χ4n) is 3.43. The smallest absolute Gasteiger partial charge is 0.390 e. The van der Waals surface area contributed by atoms with E-state index in [0.717, 1.165) is 22.8 Å². The van der Waals surface area contributed by atoms with Crippen LogP contribution in [0.4, 0.5) is 27.6 Å². The Morgan fingerprint density at radius 1 is 0.971 bits per heavy atom. The average Bonchev–Trinajstić information content (AvgIpc) is 3.22. The van der Waals surface area contributed by atoms with Crippen LogP contribution in [-0.2, 0) is 0 Å². The number of imidazole rings is 1. The number of anilines is 1. The van der Waals surface area contributed by atoms with Crippen molar-refractivity contribution < 1.29 is 31.4 Å². The molecule has 4 rings (SSSR count). The molecule has 184 valence electrons. The number of aryl methyl sites for hydroxylation is 2. The van der Waals surface area contributed by atoms with Gasteiger partial charge in [-0.25, -0.2) is 9.50 Å². The van der Waals surface area contributed by atoms with Crippen molar-refractivity contribution >= 4 is 11.3 Å². The molecule has 35 heavy (non-hydrogen) atoms. The van der Waals surface area contributed by atoms with E-state index in [2.05, 4.69) is 15.4 Å². The third kappa shape index (κ3) is 5.13. The molecule has 4 aromatic rings. The number of hydrogen-bond donors (Lipinski definition) is 1. The maximum absolute atomic E-state index is 14.5. The highest BCUT2D eigenvalue weighted by molar-refractivity contribution is 5.74. The zero-order valence-corrected chi connectivity index (χ0v) is 19.0. The number of alkyl halides is 3. The van der Waals surface area contributed by atoms with Crippen LogP contribution < -0.4 is 14.8 Å². The second kappa shape index (κ2) is 9.40. The van der Waals surface area contributed by atoms with Crippen LogP contribution in [0.1, 0.15) is 17.5 Å². The SMILES string of the molecule is COc1ccc(Oc2cc(NCCC(F)(F)F)c3ncc(-c4ccc(C)c(C)c4)n3n2)c(F)c1F. The molecule has 2 aromatic heterocycles. The third-order valence-electron chi connectivity index (χ3n) is 5.42. The average molecular weight is 492 g/mol. The molecule has 0 aliphatic heterocycles. The third-order valence-corrected chi connectivity index (χ3v) is 5.42. The molecular weight excluding hydrogens is 471 g/mol. The number of aromatic nitrogens is 3. The summed E-state index contributed by atoms with van der Waals surface area (Å²) < 4.78 is 78.3. The van der Waals surface area contributed by atoms with Gasteiger partial charge in [0.15, 0.2) is 17.1 Å². The fourth-order valence-corrected chi connectivity index (χ4v) is 3.43. The Labute approximate surface area is 197 Å². The summed E-state index contributed by atoms with van der Waals surface area (Å²) in [7, 11) is 1.19. The van der Waals surface area contributed by atoms with Crippen LogP contribution in [0.15, 0.2) is 42.6 Å². The predicted octanol–water partition coefficient (Wildman–Crippen LogP) is 6.46. The zero-order chi connectivity index (χ0) is 25.3. The molecule has 0 amide bonds. The lowest BCUT2D eigenvalue weighted by Crippen LogP contribution is -2.15. The Hall–Kier alpha value is -3.89. The van der Waals surface area contributed by atoms with Crippen LogP contribution >= 0.6 is 0 Å². The quantitative estimate of drug-likeness (QED) is 0.300. The highest BCUT2D eigenvalue weighted by Gasteiger charge is 2.26. The van der Waals surface area contributed by atoms with Crippen molar-refractivity contribution in [1.82, 2.24) is 14.6 Å². The standard InChI is InChI=1S/C24H21F5N4O2/c1-13-4-5-15(10-14(13)2)17-12-31-23-16(30-9-8-24(27,28)29)11-20(32-33(17)23)35-19-7-6-18(34-3)21(25)22(19)26/h4-7,10-12,30H,8-9H2,1-3H3. The number of fused-ring (bicyclic) bond motifs is 1. The number of rotatable bonds is 7. The van der Waals surface area contributed by atoms with Crippen molar-refractivity contribution in [2.24, 2.45) is 0 Å². The Morgan fingerprint density at radius 3 is 2.37 bits per heavy atom. The number of nitrogens with zero attached hydrogens (tertiary/aromatic N) is 3. The van der Waals surface area contributed by atoms with Crippen molar-refractivity contribution in [2.75, 3.05) is 19.0 Å². The highest BCUT2D eigenvalue weighted by Crippen LogP contribution is 2.33. The number of methoxy groups -OCH3 is 1. The molecule has 2 aromatic carbocycles. The molecule has 0 fully saturated rings. The monoisotopic (exact) mass is 492 g/mol. The lowest BCUT2D eigenvalue weighted by atomic mass is 10.0. The molecule has 11 heteroatoms. The van der Waals surface area contributed by atoms with Crippen molar-refractivity contribution in [3.8, 4) is 28.6 Å². The minimum Gasteiger partial charge on any atom is -0.494 e. The van der Waals surface area contributed by atoms with Gasteiger partial charge in [0.1, 0.15) is 0 Å². The minimum atomic E-state index is -4.36. The number of hydrogen-bond acceptors (Lipinski definition) is 5. The normalized spacial score (nSPS) is 11.7. The predicted molar refractivity (Wildman–Crippen MR) is 120 cm³/mol. The van der Waals surface area contributed by atoms with Crippen LogP contribution in [0, 0.1) is 25.5 Å². The van der Waals surface area contributed by atoms with Crippen molar-refractivity contribution in [2.45, 2.75) is 26.4 Å². The number of ether oxygens (including phenoxy) is 2. The Bertz CT molecular complexity index is 1380. The largest absolute Gasteiger partial charge is 0.494 e. The Morgan fingerprint density at radius 2 is 1.69 bits per heavy atom. The van der Waals surface area contributed by atoms with E-state index in [1.807, 2.05) is 32.0 Å². The summed E-state index contributed by atoms with van der Waals surface area (Å²) in [6.45, 7) is 3.47. The Balaban J connectivity index is 1.79. The molecule has 0 saturated heterocycles. The molecule has 0 atom stereocenters. The van der Waals surface area contributed by atoms with Crippen molar-refractivity contribution in [3.05, 3.63) is 65.4 Å². The lowest BCUT2D eigenvalue weighted by molar-refractivity contribution is -0.131. The summed E-state index contributed by atoms with van der Waals surface area (Å²) in [6.07, 6.45) is -3.92. The maximum Gasteiger partial charge on any atom is 0.390 e. The van der Waals surface area contributed by atoms with Crippen LogP contribution in [-0.4, -0.2) is 34.4 Å². The van der Waals surface area contributed by atoms with Gasteiger partial charge in [-0.05, 0) is 43.2 Å². The Kier molecular flexibility index (Phi) is 6.51. The molecule has 1 N–H and O–H groups in total. The van der Waals surface area contributed by atoms with Gasteiger partial charge in [0.2, 0.25) is 17.5 Å². The first-order chi connectivity index (χ1) is 16.6. The van der Waals surface area contributed by atoms with Crippen molar-refractivity contribution in [3.63, 3.8) is 0 Å². The molecule has 0 saturated carbocycles. The van der Waals surface area contributed by atoms with Crippen LogP contribution in [0.3, 0.4) is 0 Å². The summed E-state index contributed by atoms with van der Waals surface area (Å²) in [5, 5.41) is 7.03. The topological polar surface area (TPSA) is 60.7 Å². The van der Waals surface area contributed by atoms with Gasteiger partial charge in [-0.2, -0.15) is 22.0 Å². The summed E-state index contributed by atoms with van der Waals surface area (Å²) in [5.41, 5.74) is 3.81. The molecule has 0 bridgehead atoms. The maximum atomic E-state index is 14.5. The van der Waals surface area contributed by atoms with E-state index in [4.69, 9.17) is 9.47 Å². The van der Waals surface area contributed by atoms with E-state index >= 15 is 0 Å². The van der Waals surface area contributed by atoms with Crippen molar-refractivity contribution in [1.29, 1.82) is 0 Å². The van der Waals surface area contributed by atoms with Gasteiger partial charge in [0.05, 0.1) is 31.1 Å². The van der Waals surface area contributed by atoms with E-state index in [1.54, 1.807) is 0 Å². The molecule has 0 aliphatic rings. The summed E-state index contributed by atoms with van der Waals surface area (Å²) >= 11 is 0. The van der Waals surface area contributed by atoms with Gasteiger partial charge in [-0.1, -0.05) is 12.1 Å². The van der Waals surface area contributed by atoms with Gasteiger partial charge >= 0.3 is 6.18 Å². The second-order valence-corrected chi connectivity index (χ2v) is 7.86. The highest BCUT2D eigenvalue weighted by atomic mass is 19.4. The fraction of sp³-hybridized carbons (Fsp3) is 0.250. The summed E-state index contributed by atoms with van der Waals surface area (Å²) in [6, 6.07) is 9.33. The first kappa shape index (κ1) is 24.2. The molecule has 0 radical (unpaired) electrons. The van der Waals surface area contributed by atoms with E-state index in [1.165, 1.54) is 30.0 Å². The van der Waals surface area contributed by atoms with E-state index in [0.29, 0.717) is 5.69 Å². The molecule has 6 nitrogen and oxygen atoms in total. The molecule has 0 aliphatic carbocycles. The summed E-state index contributed by atoms with van der Waals surface area (Å²) in [4.78, 5) is 4.32. The number of nitrogens with one attached hydrogen (secondary N) is 1. The molecule has 0 unspecified atom stereocenters. The van der Waals surface area contributed by atoms with Gasteiger partial charge in [0, 0.05) is 18.2 Å². The van der Waals surface area contributed by atoms with Crippen LogP contribution in [0.2, 0.25) is 0 Å². The van der Waals surface area contributed by atoms with E-state index < -0.39 is 36.5 Å². The van der Waals surface area contributed by atoms with Gasteiger partial charge in [0.25, 0.3) is 0 Å². The number of benzene rings is 2. The molecular formula is C24H21F5N4O2. The van der Waals surface area contributed by atoms with Crippen LogP contribution in [0.25, 0.3) is 16.9 Å². The lowest BCUT2D eigenvalue weighted by Gasteiger charge is -2.13. The van der Waals surface area contributed by atoms with E-state index in [9.17, 15) is 22.0 Å². The van der Waals surface area contributed by atoms with E-state index in [-0.39, 0.29) is 23.0 Å². The van der Waals surface area contributed by atoms with Crippen LogP contribution in [0.5, 0.6) is 17.4 Å².